The highest BCUT2D eigenvalue weighted by atomic mass is 14.0. The molecule has 0 saturated heterocycles. The second kappa shape index (κ2) is 6.85. The van der Waals surface area contributed by atoms with E-state index in [0.717, 1.165) is 19.3 Å². The Labute approximate surface area is 65.3 Å². The topological polar surface area (TPSA) is 0 Å². The van der Waals surface area contributed by atoms with Crippen molar-refractivity contribution in [2.24, 2.45) is 0 Å². The van der Waals surface area contributed by atoms with Gasteiger partial charge in [0.25, 0.3) is 0 Å². The van der Waals surface area contributed by atoms with E-state index in [1.54, 1.807) is 0 Å². The van der Waals surface area contributed by atoms with Gasteiger partial charge in [-0.15, -0.1) is 0 Å². The van der Waals surface area contributed by atoms with Crippen LogP contribution in [0.3, 0.4) is 0 Å². The summed E-state index contributed by atoms with van der Waals surface area (Å²) in [6, 6.07) is 0. The van der Waals surface area contributed by atoms with E-state index in [1.807, 2.05) is 0 Å². The van der Waals surface area contributed by atoms with Gasteiger partial charge in [0, 0.05) is 0 Å². The highest BCUT2D eigenvalue weighted by molar-refractivity contribution is 5.02. The van der Waals surface area contributed by atoms with Crippen LogP contribution >= 0.6 is 0 Å². The lowest BCUT2D eigenvalue weighted by Gasteiger charge is -2.02. The van der Waals surface area contributed by atoms with Gasteiger partial charge in [0.2, 0.25) is 0 Å². The van der Waals surface area contributed by atoms with Crippen LogP contribution in [0.5, 0.6) is 0 Å². The third-order valence-electron chi connectivity index (χ3n) is 1.50. The smallest absolute Gasteiger partial charge is 0.0320 e. The maximum Gasteiger partial charge on any atom is -0.0320 e. The highest BCUT2D eigenvalue weighted by Crippen LogP contribution is 2.11. The van der Waals surface area contributed by atoms with Gasteiger partial charge in [-0.05, 0) is 32.6 Å². The standard InChI is InChI=1S/C10H18/c1-4-7-10(8-5-2)9-6-3/h7H,1-2,4-6,8-9H2,3H3. The van der Waals surface area contributed by atoms with E-state index < -0.39 is 0 Å². The first-order chi connectivity index (χ1) is 4.85. The van der Waals surface area contributed by atoms with E-state index in [2.05, 4.69) is 26.8 Å². The molecule has 0 rings (SSSR count). The first kappa shape index (κ1) is 9.74. The molecule has 0 aromatic heterocycles. The van der Waals surface area contributed by atoms with Crippen LogP contribution in [0.2, 0.25) is 0 Å². The minimum atomic E-state index is 0.926. The largest absolute Gasteiger partial charge is 0.0853 e. The molecular weight excluding hydrogens is 120 g/mol. The van der Waals surface area contributed by atoms with Crippen molar-refractivity contribution in [1.29, 1.82) is 0 Å². The van der Waals surface area contributed by atoms with Gasteiger partial charge in [0.1, 0.15) is 0 Å². The summed E-state index contributed by atoms with van der Waals surface area (Å²) in [6.45, 7) is 9.83. The van der Waals surface area contributed by atoms with Crippen molar-refractivity contribution in [2.45, 2.75) is 39.0 Å². The molecule has 0 nitrogen and oxygen atoms in total. The minimum Gasteiger partial charge on any atom is -0.0853 e. The number of hydrogen-bond donors (Lipinski definition) is 0. The van der Waals surface area contributed by atoms with Crippen molar-refractivity contribution in [3.05, 3.63) is 25.5 Å². The molecule has 0 spiro atoms. The molecule has 0 amide bonds. The Morgan fingerprint density at radius 1 is 1.30 bits per heavy atom. The fraction of sp³-hybridized carbons (Fsp3) is 0.600. The maximum absolute atomic E-state index is 3.83. The maximum atomic E-state index is 3.83. The molecule has 0 bridgehead atoms. The van der Waals surface area contributed by atoms with E-state index in [1.165, 1.54) is 18.4 Å². The van der Waals surface area contributed by atoms with Gasteiger partial charge >= 0.3 is 0 Å². The van der Waals surface area contributed by atoms with Gasteiger partial charge in [0.05, 0.1) is 0 Å². The minimum absolute atomic E-state index is 0.926. The Balaban J connectivity index is 3.60. The second-order valence-electron chi connectivity index (χ2n) is 2.50. The summed E-state index contributed by atoms with van der Waals surface area (Å²) in [7, 11) is 0. The molecule has 0 fully saturated rings. The fourth-order valence-electron chi connectivity index (χ4n) is 1.08. The molecule has 0 aromatic carbocycles. The van der Waals surface area contributed by atoms with Crippen LogP contribution < -0.4 is 0 Å². The van der Waals surface area contributed by atoms with E-state index in [9.17, 15) is 0 Å². The van der Waals surface area contributed by atoms with Crippen LogP contribution in [0.25, 0.3) is 0 Å². The molecular formula is C10H18. The predicted octanol–water partition coefficient (Wildman–Crippen LogP) is 3.55. The quantitative estimate of drug-likeness (QED) is 0.510. The van der Waals surface area contributed by atoms with Crippen LogP contribution in [-0.4, -0.2) is 0 Å². The summed E-state index contributed by atoms with van der Waals surface area (Å²) in [5.41, 5.74) is 1.53. The summed E-state index contributed by atoms with van der Waals surface area (Å²) in [5, 5.41) is 0. The summed E-state index contributed by atoms with van der Waals surface area (Å²) < 4.78 is 0. The summed E-state index contributed by atoms with van der Waals surface area (Å²) in [4.78, 5) is 0. The zero-order valence-corrected chi connectivity index (χ0v) is 7.03. The lowest BCUT2D eigenvalue weighted by Crippen LogP contribution is -1.82. The molecule has 2 radical (unpaired) electrons. The Hall–Kier alpha value is -0.260. The Morgan fingerprint density at radius 3 is 2.40 bits per heavy atom. The predicted molar refractivity (Wildman–Crippen MR) is 47.6 cm³/mol. The van der Waals surface area contributed by atoms with Crippen LogP contribution in [0.1, 0.15) is 39.0 Å². The van der Waals surface area contributed by atoms with Crippen LogP contribution in [0.4, 0.5) is 0 Å². The normalized spacial score (nSPS) is 12.1. The molecule has 0 aromatic rings. The molecule has 0 atom stereocenters. The van der Waals surface area contributed by atoms with E-state index >= 15 is 0 Å². The number of allylic oxidation sites excluding steroid dienone is 2. The van der Waals surface area contributed by atoms with Crippen molar-refractivity contribution < 1.29 is 0 Å². The van der Waals surface area contributed by atoms with Crippen molar-refractivity contribution in [3.8, 4) is 0 Å². The van der Waals surface area contributed by atoms with Gasteiger partial charge in [-0.2, -0.15) is 0 Å². The Kier molecular flexibility index (Phi) is 6.68. The molecule has 0 N–H and O–H groups in total. The van der Waals surface area contributed by atoms with E-state index in [0.29, 0.717) is 0 Å². The third-order valence-corrected chi connectivity index (χ3v) is 1.50. The monoisotopic (exact) mass is 138 g/mol. The van der Waals surface area contributed by atoms with Crippen LogP contribution in [0, 0.1) is 13.8 Å². The Bertz CT molecular complexity index is 82.2. The fourth-order valence-corrected chi connectivity index (χ4v) is 1.08. The first-order valence-corrected chi connectivity index (χ1v) is 4.11. The second-order valence-corrected chi connectivity index (χ2v) is 2.50. The number of rotatable bonds is 5. The molecule has 0 heteroatoms. The third kappa shape index (κ3) is 4.60. The Morgan fingerprint density at radius 2 is 2.00 bits per heavy atom. The molecule has 0 unspecified atom stereocenters. The number of hydrogen-bond acceptors (Lipinski definition) is 0. The molecule has 0 aliphatic heterocycles. The molecule has 10 heavy (non-hydrogen) atoms. The van der Waals surface area contributed by atoms with Gasteiger partial charge in [-0.1, -0.05) is 31.9 Å². The van der Waals surface area contributed by atoms with Crippen molar-refractivity contribution in [1.82, 2.24) is 0 Å². The summed E-state index contributed by atoms with van der Waals surface area (Å²) in [5.74, 6) is 0. The van der Waals surface area contributed by atoms with E-state index in [4.69, 9.17) is 0 Å². The average Bonchev–Trinajstić information content (AvgIpc) is 1.90. The molecule has 58 valence electrons. The molecule has 0 aliphatic rings. The SMILES string of the molecule is [CH2]CC=C(CC[CH2])CCC. The molecule has 0 saturated carbocycles. The van der Waals surface area contributed by atoms with E-state index in [-0.39, 0.29) is 0 Å². The van der Waals surface area contributed by atoms with Crippen LogP contribution in [0.15, 0.2) is 11.6 Å². The van der Waals surface area contributed by atoms with Gasteiger partial charge in [-0.3, -0.25) is 0 Å². The average molecular weight is 138 g/mol. The zero-order chi connectivity index (χ0) is 7.82. The summed E-state index contributed by atoms with van der Waals surface area (Å²) in [6.07, 6.45) is 7.80. The molecule has 0 heterocycles. The summed E-state index contributed by atoms with van der Waals surface area (Å²) >= 11 is 0. The van der Waals surface area contributed by atoms with Gasteiger partial charge < -0.3 is 0 Å². The van der Waals surface area contributed by atoms with Gasteiger partial charge in [0.15, 0.2) is 0 Å². The highest BCUT2D eigenvalue weighted by Gasteiger charge is 1.91. The van der Waals surface area contributed by atoms with Gasteiger partial charge in [-0.25, -0.2) is 0 Å². The van der Waals surface area contributed by atoms with Crippen LogP contribution in [-0.2, 0) is 0 Å². The van der Waals surface area contributed by atoms with Crippen molar-refractivity contribution in [3.63, 3.8) is 0 Å². The zero-order valence-electron chi connectivity index (χ0n) is 7.03. The van der Waals surface area contributed by atoms with Crippen molar-refractivity contribution in [2.75, 3.05) is 0 Å². The molecule has 0 aliphatic carbocycles. The first-order valence-electron chi connectivity index (χ1n) is 4.11. The van der Waals surface area contributed by atoms with Crippen molar-refractivity contribution >= 4 is 0 Å². The lowest BCUT2D eigenvalue weighted by molar-refractivity contribution is 0.822. The lowest BCUT2D eigenvalue weighted by atomic mass is 10.0.